The largest absolute Gasteiger partial charge is 0.321 e. The minimum Gasteiger partial charge on any atom is -0.321 e. The van der Waals surface area contributed by atoms with E-state index in [2.05, 4.69) is 10.3 Å². The van der Waals surface area contributed by atoms with Crippen molar-refractivity contribution >= 4 is 23.4 Å². The smallest absolute Gasteiger partial charge is 0.271 e. The highest BCUT2D eigenvalue weighted by Gasteiger charge is 2.12. The maximum Gasteiger partial charge on any atom is 0.271 e. The second-order valence-corrected chi connectivity index (χ2v) is 4.27. The van der Waals surface area contributed by atoms with Crippen molar-refractivity contribution in [3.8, 4) is 6.07 Å². The van der Waals surface area contributed by atoms with E-state index in [9.17, 15) is 14.9 Å². The minimum absolute atomic E-state index is 0.105. The number of aromatic nitrogens is 1. The Kier molecular flexibility index (Phi) is 4.57. The van der Waals surface area contributed by atoms with Gasteiger partial charge in [-0.05, 0) is 18.2 Å². The zero-order chi connectivity index (χ0) is 15.9. The van der Waals surface area contributed by atoms with Crippen molar-refractivity contribution in [3.05, 3.63) is 70.0 Å². The molecule has 0 unspecified atom stereocenters. The molecule has 0 aliphatic carbocycles. The number of nitro groups is 1. The summed E-state index contributed by atoms with van der Waals surface area (Å²) in [6.45, 7) is 0. The number of anilines is 1. The third kappa shape index (κ3) is 3.74. The Morgan fingerprint density at radius 3 is 2.82 bits per heavy atom. The molecule has 108 valence electrons. The fourth-order valence-electron chi connectivity index (χ4n) is 1.71. The van der Waals surface area contributed by atoms with Gasteiger partial charge in [0.2, 0.25) is 0 Å². The first-order valence-corrected chi connectivity index (χ1v) is 6.24. The topological polar surface area (TPSA) is 110 Å². The maximum atomic E-state index is 12.0. The Labute approximate surface area is 125 Å². The quantitative estimate of drug-likeness (QED) is 0.402. The normalized spacial score (nSPS) is 10.6. The van der Waals surface area contributed by atoms with Crippen molar-refractivity contribution in [2.75, 3.05) is 5.32 Å². The number of amides is 1. The predicted molar refractivity (Wildman–Crippen MR) is 78.3 cm³/mol. The van der Waals surface area contributed by atoms with E-state index < -0.39 is 10.8 Å². The number of hydrogen-bond donors (Lipinski definition) is 1. The molecule has 22 heavy (non-hydrogen) atoms. The lowest BCUT2D eigenvalue weighted by atomic mass is 10.1. The minimum atomic E-state index is -0.633. The summed E-state index contributed by atoms with van der Waals surface area (Å²) in [5.74, 6) is -0.633. The number of nitrogens with one attached hydrogen (secondary N) is 2. The number of rotatable bonds is 4. The molecule has 0 saturated heterocycles. The standard InChI is InChI=1S/C15H10N4O3/c16-9-12(7-11-3-2-6-17-10-11)15(20)18-13-4-1-5-14(8-13)19(21)22/h1-8,10H,(H,18,20)/p+1. The van der Waals surface area contributed by atoms with E-state index in [-0.39, 0.29) is 16.9 Å². The van der Waals surface area contributed by atoms with E-state index in [0.717, 1.165) is 0 Å². The number of carbonyl (C=O) groups is 1. The number of nitro benzene ring substituents is 1. The lowest BCUT2D eigenvalue weighted by molar-refractivity contribution is -0.384. The van der Waals surface area contributed by atoms with Crippen LogP contribution in [0.5, 0.6) is 0 Å². The van der Waals surface area contributed by atoms with Gasteiger partial charge in [-0.15, -0.1) is 0 Å². The summed E-state index contributed by atoms with van der Waals surface area (Å²) in [4.78, 5) is 25.0. The Hall–Kier alpha value is -3.53. The van der Waals surface area contributed by atoms with Crippen LogP contribution in [0.4, 0.5) is 11.4 Å². The van der Waals surface area contributed by atoms with E-state index in [0.29, 0.717) is 5.56 Å². The molecule has 0 radical (unpaired) electrons. The van der Waals surface area contributed by atoms with Crippen LogP contribution in [0.2, 0.25) is 0 Å². The highest BCUT2D eigenvalue weighted by atomic mass is 16.6. The zero-order valence-electron chi connectivity index (χ0n) is 11.3. The molecule has 0 aliphatic heterocycles. The predicted octanol–water partition coefficient (Wildman–Crippen LogP) is 1.95. The molecule has 7 nitrogen and oxygen atoms in total. The first kappa shape index (κ1) is 14.9. The van der Waals surface area contributed by atoms with Crippen LogP contribution < -0.4 is 10.3 Å². The summed E-state index contributed by atoms with van der Waals surface area (Å²) in [5, 5.41) is 22.2. The highest BCUT2D eigenvalue weighted by molar-refractivity contribution is 6.09. The van der Waals surface area contributed by atoms with Crippen molar-refractivity contribution in [2.45, 2.75) is 0 Å². The summed E-state index contributed by atoms with van der Waals surface area (Å²) in [6.07, 6.45) is 4.76. The number of nitriles is 1. The number of hydrogen-bond acceptors (Lipinski definition) is 4. The first-order chi connectivity index (χ1) is 10.6. The summed E-state index contributed by atoms with van der Waals surface area (Å²) in [5.41, 5.74) is 0.664. The molecule has 2 rings (SSSR count). The lowest BCUT2D eigenvalue weighted by Crippen LogP contribution is -2.13. The molecule has 1 aromatic carbocycles. The molecular formula is C15H11N4O3+. The fourth-order valence-corrected chi connectivity index (χ4v) is 1.71. The number of H-pyrrole nitrogens is 1. The SMILES string of the molecule is N#CC(=Cc1ccc[nH+]c1)C(=O)Nc1cccc([N+](=O)[O-])c1. The fraction of sp³-hybridized carbons (Fsp3) is 0. The van der Waals surface area contributed by atoms with Gasteiger partial charge in [0.05, 0.1) is 4.92 Å². The monoisotopic (exact) mass is 295 g/mol. The van der Waals surface area contributed by atoms with E-state index in [4.69, 9.17) is 5.26 Å². The van der Waals surface area contributed by atoms with E-state index in [1.807, 2.05) is 6.07 Å². The lowest BCUT2D eigenvalue weighted by Gasteiger charge is -2.03. The van der Waals surface area contributed by atoms with Gasteiger partial charge < -0.3 is 5.32 Å². The third-order valence-corrected chi connectivity index (χ3v) is 2.72. The molecule has 1 aromatic heterocycles. The molecule has 0 spiro atoms. The Morgan fingerprint density at radius 2 is 2.18 bits per heavy atom. The Bertz CT molecular complexity index is 779. The molecule has 0 fully saturated rings. The van der Waals surface area contributed by atoms with Crippen LogP contribution in [-0.2, 0) is 4.79 Å². The van der Waals surface area contributed by atoms with Crippen LogP contribution in [0.15, 0.2) is 54.4 Å². The molecule has 0 saturated carbocycles. The van der Waals surface area contributed by atoms with Gasteiger partial charge in [0.15, 0.2) is 12.4 Å². The van der Waals surface area contributed by atoms with Gasteiger partial charge in [0.1, 0.15) is 11.6 Å². The molecule has 0 aliphatic rings. The summed E-state index contributed by atoms with van der Waals surface area (Å²) < 4.78 is 0. The number of carbonyl (C=O) groups excluding carboxylic acids is 1. The second-order valence-electron chi connectivity index (χ2n) is 4.27. The van der Waals surface area contributed by atoms with Gasteiger partial charge in [-0.3, -0.25) is 14.9 Å². The van der Waals surface area contributed by atoms with Gasteiger partial charge in [-0.1, -0.05) is 6.07 Å². The summed E-state index contributed by atoms with van der Waals surface area (Å²) in [6, 6.07) is 10.8. The highest BCUT2D eigenvalue weighted by Crippen LogP contribution is 2.18. The van der Waals surface area contributed by atoms with Gasteiger partial charge in [0.25, 0.3) is 11.6 Å². The zero-order valence-corrected chi connectivity index (χ0v) is 11.3. The van der Waals surface area contributed by atoms with Crippen molar-refractivity contribution in [1.29, 1.82) is 5.26 Å². The molecule has 0 atom stereocenters. The van der Waals surface area contributed by atoms with Crippen LogP contribution in [0.3, 0.4) is 0 Å². The number of aromatic amines is 1. The average Bonchev–Trinajstić information content (AvgIpc) is 2.53. The summed E-state index contributed by atoms with van der Waals surface area (Å²) in [7, 11) is 0. The van der Waals surface area contributed by atoms with Crippen LogP contribution in [0.1, 0.15) is 5.56 Å². The van der Waals surface area contributed by atoms with Crippen LogP contribution in [0.25, 0.3) is 6.08 Å². The van der Waals surface area contributed by atoms with Crippen molar-refractivity contribution < 1.29 is 14.7 Å². The first-order valence-electron chi connectivity index (χ1n) is 6.24. The molecule has 1 heterocycles. The number of nitrogens with zero attached hydrogens (tertiary/aromatic N) is 2. The molecule has 1 amide bonds. The summed E-state index contributed by atoms with van der Waals surface area (Å²) >= 11 is 0. The van der Waals surface area contributed by atoms with E-state index >= 15 is 0 Å². The van der Waals surface area contributed by atoms with E-state index in [1.165, 1.54) is 30.3 Å². The molecule has 0 bridgehead atoms. The van der Waals surface area contributed by atoms with Gasteiger partial charge in [-0.2, -0.15) is 5.26 Å². The van der Waals surface area contributed by atoms with Crippen molar-refractivity contribution in [2.24, 2.45) is 0 Å². The molecular weight excluding hydrogens is 284 g/mol. The van der Waals surface area contributed by atoms with Crippen LogP contribution in [-0.4, -0.2) is 10.8 Å². The Morgan fingerprint density at radius 1 is 1.36 bits per heavy atom. The van der Waals surface area contributed by atoms with Gasteiger partial charge in [0, 0.05) is 29.4 Å². The van der Waals surface area contributed by atoms with Crippen molar-refractivity contribution in [1.82, 2.24) is 0 Å². The average molecular weight is 295 g/mol. The molecule has 2 N–H and O–H groups in total. The molecule has 7 heteroatoms. The Balaban J connectivity index is 2.20. The van der Waals surface area contributed by atoms with Gasteiger partial charge >= 0.3 is 0 Å². The number of non-ortho nitro benzene ring substituents is 1. The van der Waals surface area contributed by atoms with Gasteiger partial charge in [-0.25, -0.2) is 4.98 Å². The number of pyridine rings is 1. The van der Waals surface area contributed by atoms with E-state index in [1.54, 1.807) is 24.5 Å². The molecule has 2 aromatic rings. The third-order valence-electron chi connectivity index (χ3n) is 2.72. The second kappa shape index (κ2) is 6.76. The van der Waals surface area contributed by atoms with Crippen molar-refractivity contribution in [3.63, 3.8) is 0 Å². The maximum absolute atomic E-state index is 12.0. The van der Waals surface area contributed by atoms with Crippen LogP contribution in [0, 0.1) is 21.4 Å². The van der Waals surface area contributed by atoms with Crippen LogP contribution >= 0.6 is 0 Å². The number of benzene rings is 1.